The molecule has 266 valence electrons. The second-order valence-corrected chi connectivity index (χ2v) is 13.5. The lowest BCUT2D eigenvalue weighted by Crippen LogP contribution is -2.37. The van der Waals surface area contributed by atoms with Gasteiger partial charge in [-0.3, -0.25) is 13.9 Å². The Kier molecular flexibility index (Phi) is 8.26. The first-order valence-electron chi connectivity index (χ1n) is 17.7. The predicted octanol–water partition coefficient (Wildman–Crippen LogP) is 6.13. The maximum Gasteiger partial charge on any atom is 0.335 e. The van der Waals surface area contributed by atoms with Crippen molar-refractivity contribution in [2.24, 2.45) is 0 Å². The average molecular weight is 712 g/mol. The number of nitrogens with one attached hydrogen (secondary N) is 2. The summed E-state index contributed by atoms with van der Waals surface area (Å²) in [7, 11) is 0. The number of imidazole rings is 1. The largest absolute Gasteiger partial charge is 0.335 e. The van der Waals surface area contributed by atoms with Crippen molar-refractivity contribution >= 4 is 39.7 Å². The number of carbonyl (C=O) groups excluding carboxylic acids is 1. The van der Waals surface area contributed by atoms with E-state index >= 15 is 0 Å². The predicted molar refractivity (Wildman–Crippen MR) is 198 cm³/mol. The summed E-state index contributed by atoms with van der Waals surface area (Å²) < 4.78 is 33.8. The third-order valence-corrected chi connectivity index (χ3v) is 10.3. The van der Waals surface area contributed by atoms with E-state index in [0.29, 0.717) is 65.6 Å². The van der Waals surface area contributed by atoms with Crippen LogP contribution in [-0.4, -0.2) is 59.1 Å². The molecule has 6 heterocycles. The number of piperidine rings is 1. The van der Waals surface area contributed by atoms with Crippen LogP contribution in [0.5, 0.6) is 0 Å². The molecule has 2 aliphatic rings. The lowest BCUT2D eigenvalue weighted by molar-refractivity contribution is 0.0730. The molecule has 2 aliphatic heterocycles. The number of anilines is 2. The second kappa shape index (κ2) is 13.4. The molecule has 11 nitrogen and oxygen atoms in total. The van der Waals surface area contributed by atoms with Crippen LogP contribution in [-0.2, 0) is 19.5 Å². The molecule has 2 N–H and O–H groups in total. The molecule has 4 aromatic heterocycles. The third kappa shape index (κ3) is 5.92. The number of fused-ring (bicyclic) bond motifs is 4. The van der Waals surface area contributed by atoms with Crippen molar-refractivity contribution in [2.45, 2.75) is 38.4 Å². The second-order valence-electron chi connectivity index (χ2n) is 13.5. The van der Waals surface area contributed by atoms with Crippen LogP contribution in [0.3, 0.4) is 0 Å². The Morgan fingerprint density at radius 2 is 1.81 bits per heavy atom. The molecule has 0 aliphatic carbocycles. The molecule has 7 aromatic rings. The van der Waals surface area contributed by atoms with Gasteiger partial charge >= 0.3 is 5.69 Å². The maximum absolute atomic E-state index is 14.8. The Hall–Kier alpha value is -6.21. The van der Waals surface area contributed by atoms with Gasteiger partial charge in [-0.1, -0.05) is 24.3 Å². The van der Waals surface area contributed by atoms with E-state index in [1.54, 1.807) is 50.7 Å². The molecule has 0 bridgehead atoms. The summed E-state index contributed by atoms with van der Waals surface area (Å²) >= 11 is 0. The Labute approximate surface area is 302 Å². The first-order valence-corrected chi connectivity index (χ1v) is 17.7. The summed E-state index contributed by atoms with van der Waals surface area (Å²) in [6.07, 6.45) is 5.75. The third-order valence-electron chi connectivity index (χ3n) is 10.3. The fraction of sp³-hybridized carbons (Fsp3) is 0.225. The quantitative estimate of drug-likeness (QED) is 0.205. The number of nitrogens with zero attached hydrogens (tertiary/aromatic N) is 7. The monoisotopic (exact) mass is 711 g/mol. The molecule has 53 heavy (non-hydrogen) atoms. The van der Waals surface area contributed by atoms with E-state index in [9.17, 15) is 18.4 Å². The van der Waals surface area contributed by atoms with Crippen LogP contribution < -0.4 is 16.3 Å². The van der Waals surface area contributed by atoms with Gasteiger partial charge in [-0.05, 0) is 86.0 Å². The van der Waals surface area contributed by atoms with Gasteiger partial charge in [0.1, 0.15) is 22.8 Å². The lowest BCUT2D eigenvalue weighted by Gasteiger charge is -2.29. The number of amides is 1. The van der Waals surface area contributed by atoms with Crippen molar-refractivity contribution in [3.63, 3.8) is 0 Å². The van der Waals surface area contributed by atoms with Crippen LogP contribution in [0.25, 0.3) is 27.9 Å². The Bertz CT molecular complexity index is 2560. The zero-order chi connectivity index (χ0) is 36.1. The van der Waals surface area contributed by atoms with Crippen molar-refractivity contribution in [3.8, 4) is 5.69 Å². The molecular weight excluding hydrogens is 676 g/mol. The van der Waals surface area contributed by atoms with E-state index in [1.165, 1.54) is 12.1 Å². The fourth-order valence-corrected chi connectivity index (χ4v) is 7.71. The van der Waals surface area contributed by atoms with Crippen molar-refractivity contribution < 1.29 is 13.6 Å². The van der Waals surface area contributed by atoms with Crippen molar-refractivity contribution in [3.05, 3.63) is 142 Å². The fourth-order valence-electron chi connectivity index (χ4n) is 7.71. The van der Waals surface area contributed by atoms with Gasteiger partial charge < -0.3 is 20.1 Å². The molecule has 1 atom stereocenters. The minimum atomic E-state index is -0.637. The van der Waals surface area contributed by atoms with Gasteiger partial charge in [0.2, 0.25) is 5.95 Å². The van der Waals surface area contributed by atoms with Crippen molar-refractivity contribution in [1.29, 1.82) is 0 Å². The molecular formula is C40H35F2N9O2. The van der Waals surface area contributed by atoms with Crippen LogP contribution in [0.1, 0.15) is 46.1 Å². The van der Waals surface area contributed by atoms with Gasteiger partial charge in [0.15, 0.2) is 5.65 Å². The van der Waals surface area contributed by atoms with E-state index < -0.39 is 11.6 Å². The minimum absolute atomic E-state index is 0.0744. The van der Waals surface area contributed by atoms with Crippen LogP contribution in [0.2, 0.25) is 0 Å². The van der Waals surface area contributed by atoms with Crippen LogP contribution >= 0.6 is 0 Å². The Balaban J connectivity index is 1.03. The standard InChI is InChI=1S/C40H35F2N9O2/c41-27-13-10-26(33(42)20-27)23-49-35-24-48(19-16-31(35)32-9-5-18-44-36(32)49)38(52)25-11-14-29(15-12-25)50-34-22-45-39(46-28-6-2-1-3-7-28)47-37(34)51(40(50)53)30-8-4-17-43-21-30/h1-3,5-7,9-15,18,20,22,30,43H,4,8,16-17,19,21,23-24H2,(H,45,46,47). The molecule has 0 saturated carbocycles. The normalized spacial score (nSPS) is 15.9. The molecule has 1 unspecified atom stereocenters. The zero-order valence-corrected chi connectivity index (χ0v) is 28.7. The molecule has 1 saturated heterocycles. The van der Waals surface area contributed by atoms with E-state index in [0.717, 1.165) is 47.8 Å². The highest BCUT2D eigenvalue weighted by Crippen LogP contribution is 2.32. The summed E-state index contributed by atoms with van der Waals surface area (Å²) in [4.78, 5) is 44.0. The molecule has 3 aromatic carbocycles. The van der Waals surface area contributed by atoms with Gasteiger partial charge in [0.25, 0.3) is 5.91 Å². The van der Waals surface area contributed by atoms with Gasteiger partial charge in [0.05, 0.1) is 31.0 Å². The number of para-hydroxylation sites is 1. The van der Waals surface area contributed by atoms with E-state index in [-0.39, 0.29) is 24.2 Å². The van der Waals surface area contributed by atoms with Gasteiger partial charge in [-0.15, -0.1) is 0 Å². The summed E-state index contributed by atoms with van der Waals surface area (Å²) in [6.45, 7) is 2.50. The summed E-state index contributed by atoms with van der Waals surface area (Å²) in [5.41, 5.74) is 5.77. The smallest absolute Gasteiger partial charge is 0.332 e. The van der Waals surface area contributed by atoms with Crippen molar-refractivity contribution in [1.82, 2.24) is 38.9 Å². The summed E-state index contributed by atoms with van der Waals surface area (Å²) in [5, 5.41) is 7.61. The number of hydrogen-bond donors (Lipinski definition) is 2. The van der Waals surface area contributed by atoms with Gasteiger partial charge in [0, 0.05) is 53.2 Å². The summed E-state index contributed by atoms with van der Waals surface area (Å²) in [5.74, 6) is -1.04. The average Bonchev–Trinajstić information content (AvgIpc) is 3.66. The minimum Gasteiger partial charge on any atom is -0.332 e. The van der Waals surface area contributed by atoms with Crippen molar-refractivity contribution in [2.75, 3.05) is 25.0 Å². The van der Waals surface area contributed by atoms with Crippen LogP contribution in [0, 0.1) is 11.6 Å². The highest BCUT2D eigenvalue weighted by atomic mass is 19.1. The van der Waals surface area contributed by atoms with E-state index in [2.05, 4.69) is 20.6 Å². The number of rotatable bonds is 7. The van der Waals surface area contributed by atoms with E-state index in [1.807, 2.05) is 47.0 Å². The van der Waals surface area contributed by atoms with E-state index in [4.69, 9.17) is 4.98 Å². The summed E-state index contributed by atoms with van der Waals surface area (Å²) in [6, 6.07) is 24.0. The number of aromatic nitrogens is 6. The maximum atomic E-state index is 14.8. The number of halogens is 2. The zero-order valence-electron chi connectivity index (χ0n) is 28.7. The van der Waals surface area contributed by atoms with Gasteiger partial charge in [-0.2, -0.15) is 4.98 Å². The first kappa shape index (κ1) is 32.7. The highest BCUT2D eigenvalue weighted by molar-refractivity contribution is 5.95. The molecule has 13 heteroatoms. The number of hydrogen-bond acceptors (Lipinski definition) is 7. The SMILES string of the molecule is O=C(c1ccc(-n2c(=O)n(C3CCCNC3)c3nc(Nc4ccccc4)ncc32)cc1)N1CCc2c(n(Cc3ccc(F)cc3F)c3ncccc23)C1. The van der Waals surface area contributed by atoms with Gasteiger partial charge in [-0.25, -0.2) is 23.5 Å². The molecule has 1 fully saturated rings. The number of pyridine rings is 1. The Morgan fingerprint density at radius 1 is 0.962 bits per heavy atom. The molecule has 1 amide bonds. The molecule has 9 rings (SSSR count). The number of benzene rings is 3. The topological polar surface area (TPSA) is 115 Å². The Morgan fingerprint density at radius 3 is 2.60 bits per heavy atom. The number of carbonyl (C=O) groups is 1. The lowest BCUT2D eigenvalue weighted by atomic mass is 10.0. The van der Waals surface area contributed by atoms with Crippen LogP contribution in [0.15, 0.2) is 102 Å². The first-order chi connectivity index (χ1) is 25.9. The van der Waals surface area contributed by atoms with Crippen LogP contribution in [0.4, 0.5) is 20.4 Å². The highest BCUT2D eigenvalue weighted by Gasteiger charge is 2.29. The molecule has 0 radical (unpaired) electrons. The molecule has 0 spiro atoms.